The molecule has 0 saturated carbocycles. The third-order valence-corrected chi connectivity index (χ3v) is 7.21. The second kappa shape index (κ2) is 8.92. The summed E-state index contributed by atoms with van der Waals surface area (Å²) in [4.78, 5) is 7.24. The van der Waals surface area contributed by atoms with Crippen molar-refractivity contribution in [2.75, 3.05) is 17.3 Å². The molecule has 0 unspecified atom stereocenters. The van der Waals surface area contributed by atoms with E-state index < -0.39 is 0 Å². The molecule has 0 bridgehead atoms. The summed E-state index contributed by atoms with van der Waals surface area (Å²) in [6.45, 7) is 4.42. The number of benzene rings is 2. The zero-order valence-corrected chi connectivity index (χ0v) is 21.4. The summed E-state index contributed by atoms with van der Waals surface area (Å²) in [5, 5.41) is 6.29. The molecule has 0 spiro atoms. The van der Waals surface area contributed by atoms with Crippen LogP contribution in [0.25, 0.3) is 0 Å². The van der Waals surface area contributed by atoms with Crippen molar-refractivity contribution in [3.63, 3.8) is 0 Å². The summed E-state index contributed by atoms with van der Waals surface area (Å²) in [5.41, 5.74) is 13.0. The van der Waals surface area contributed by atoms with Crippen LogP contribution in [0.4, 0.5) is 11.4 Å². The summed E-state index contributed by atoms with van der Waals surface area (Å²) in [7, 11) is 2.07. The van der Waals surface area contributed by atoms with Crippen molar-refractivity contribution in [1.29, 1.82) is 0 Å². The van der Waals surface area contributed by atoms with Gasteiger partial charge in [-0.25, -0.2) is 4.99 Å². The third kappa shape index (κ3) is 3.85. The van der Waals surface area contributed by atoms with Crippen LogP contribution in [-0.4, -0.2) is 18.0 Å². The molecule has 0 aromatic heterocycles. The monoisotopic (exact) mass is 523 g/mol. The van der Waals surface area contributed by atoms with Gasteiger partial charge < -0.3 is 10.7 Å². The van der Waals surface area contributed by atoms with Gasteiger partial charge in [0.15, 0.2) is 0 Å². The van der Waals surface area contributed by atoms with Gasteiger partial charge in [-0.05, 0) is 66.2 Å². The van der Waals surface area contributed by atoms with Crippen LogP contribution in [0.5, 0.6) is 0 Å². The number of aliphatic imine (C=N–C) groups is 1. The number of fused-ring (bicyclic) bond motifs is 2. The molecule has 5 nitrogen and oxygen atoms in total. The Balaban J connectivity index is 1.74. The smallest absolute Gasteiger partial charge is 0.212 e. The van der Waals surface area contributed by atoms with Crippen molar-refractivity contribution in [2.24, 2.45) is 4.99 Å². The number of likely N-dealkylation sites (N-methyl/N-ethyl adjacent to an activating group) is 1. The van der Waals surface area contributed by atoms with E-state index in [1.807, 2.05) is 24.4 Å². The number of aryl methyl sites for hydroxylation is 2. The van der Waals surface area contributed by atoms with Gasteiger partial charge in [-0.1, -0.05) is 59.6 Å². The first-order chi connectivity index (χ1) is 16.0. The van der Waals surface area contributed by atoms with Crippen molar-refractivity contribution in [3.8, 4) is 0 Å². The first-order valence-electron chi connectivity index (χ1n) is 11.4. The zero-order valence-electron chi connectivity index (χ0n) is 19.0. The van der Waals surface area contributed by atoms with Crippen LogP contribution in [0.1, 0.15) is 37.8 Å². The van der Waals surface area contributed by atoms with Gasteiger partial charge in [0, 0.05) is 23.9 Å². The maximum atomic E-state index is 6.59. The Kier molecular flexibility index (Phi) is 5.97. The van der Waals surface area contributed by atoms with Crippen LogP contribution in [0.15, 0.2) is 80.8 Å². The standard InChI is InChI=1S/C26H27BrClN5/c1-4-16-7-6-8-17(5-2)23(16)33-25-18(9-10-19-15-30-32(3)24(19)25)14-29-26(33)31-22-12-11-20(27)13-21(22)28/h6-8,11-15,30H,4-5,9-10H2,1-3H3,(H,29,31). The summed E-state index contributed by atoms with van der Waals surface area (Å²) in [6, 6.07) is 12.5. The SMILES string of the molecule is CCc1cccc(CC)c1N1C(Nc2ccc(Br)cc2Cl)=NC=C2CCC3=CNN(C)C3=C21. The lowest BCUT2D eigenvalue weighted by Crippen LogP contribution is -2.42. The average molecular weight is 525 g/mol. The number of hydrogen-bond donors (Lipinski definition) is 2. The number of guanidine groups is 1. The van der Waals surface area contributed by atoms with Crippen LogP contribution in [0.2, 0.25) is 5.02 Å². The summed E-state index contributed by atoms with van der Waals surface area (Å²) >= 11 is 10.1. The Morgan fingerprint density at radius 1 is 1.06 bits per heavy atom. The molecule has 3 aliphatic rings. The number of hydrogen-bond acceptors (Lipinski definition) is 5. The van der Waals surface area contributed by atoms with E-state index in [0.717, 1.165) is 41.8 Å². The number of rotatable bonds is 4. The highest BCUT2D eigenvalue weighted by Crippen LogP contribution is 2.44. The highest BCUT2D eigenvalue weighted by molar-refractivity contribution is 9.10. The van der Waals surface area contributed by atoms with Gasteiger partial charge in [-0.2, -0.15) is 0 Å². The number of para-hydroxylation sites is 1. The zero-order chi connectivity index (χ0) is 23.1. The summed E-state index contributed by atoms with van der Waals surface area (Å²) in [5.74, 6) is 0.752. The fourth-order valence-electron chi connectivity index (χ4n) is 4.76. The van der Waals surface area contributed by atoms with Gasteiger partial charge >= 0.3 is 0 Å². The molecular formula is C26H27BrClN5. The van der Waals surface area contributed by atoms with Crippen LogP contribution < -0.4 is 15.6 Å². The van der Waals surface area contributed by atoms with Gasteiger partial charge in [-0.3, -0.25) is 9.91 Å². The molecule has 0 saturated heterocycles. The van der Waals surface area contributed by atoms with E-state index in [2.05, 4.69) is 81.9 Å². The minimum atomic E-state index is 0.642. The molecule has 2 heterocycles. The number of nitrogens with zero attached hydrogens (tertiary/aromatic N) is 3. The summed E-state index contributed by atoms with van der Waals surface area (Å²) in [6.07, 6.45) is 7.96. The fraction of sp³-hybridized carbons (Fsp3) is 0.269. The molecule has 7 heteroatoms. The number of halogens is 2. The van der Waals surface area contributed by atoms with Crippen molar-refractivity contribution < 1.29 is 0 Å². The molecule has 2 aromatic carbocycles. The quantitative estimate of drug-likeness (QED) is 0.465. The topological polar surface area (TPSA) is 42.9 Å². The number of hydrazine groups is 1. The molecule has 0 radical (unpaired) electrons. The molecule has 0 fully saturated rings. The lowest BCUT2D eigenvalue weighted by atomic mass is 9.90. The predicted molar refractivity (Wildman–Crippen MR) is 141 cm³/mol. The minimum absolute atomic E-state index is 0.642. The maximum Gasteiger partial charge on any atom is 0.212 e. The normalized spacial score (nSPS) is 17.2. The highest BCUT2D eigenvalue weighted by atomic mass is 79.9. The first kappa shape index (κ1) is 22.1. The van der Waals surface area contributed by atoms with Crippen LogP contribution in [0.3, 0.4) is 0 Å². The molecule has 2 N–H and O–H groups in total. The molecule has 0 amide bonds. The molecule has 2 aliphatic heterocycles. The fourth-order valence-corrected chi connectivity index (χ4v) is 5.48. The molecule has 170 valence electrons. The molecular weight excluding hydrogens is 498 g/mol. The van der Waals surface area contributed by atoms with Gasteiger partial charge in [-0.15, -0.1) is 0 Å². The van der Waals surface area contributed by atoms with E-state index in [9.17, 15) is 0 Å². The van der Waals surface area contributed by atoms with E-state index >= 15 is 0 Å². The first-order valence-corrected chi connectivity index (χ1v) is 12.5. The predicted octanol–water partition coefficient (Wildman–Crippen LogP) is 6.74. The van der Waals surface area contributed by atoms with E-state index in [4.69, 9.17) is 16.6 Å². The van der Waals surface area contributed by atoms with Gasteiger partial charge in [0.2, 0.25) is 5.96 Å². The van der Waals surface area contributed by atoms with Gasteiger partial charge in [0.05, 0.1) is 27.8 Å². The number of nitrogens with one attached hydrogen (secondary N) is 2. The van der Waals surface area contributed by atoms with Crippen molar-refractivity contribution in [2.45, 2.75) is 39.5 Å². The van der Waals surface area contributed by atoms with Gasteiger partial charge in [0.1, 0.15) is 0 Å². The molecule has 2 aromatic rings. The van der Waals surface area contributed by atoms with Crippen LogP contribution >= 0.6 is 27.5 Å². The molecule has 5 rings (SSSR count). The van der Waals surface area contributed by atoms with E-state index in [0.29, 0.717) is 5.02 Å². The second-order valence-electron chi connectivity index (χ2n) is 8.38. The van der Waals surface area contributed by atoms with Crippen molar-refractivity contribution in [3.05, 3.63) is 92.0 Å². The average Bonchev–Trinajstić information content (AvgIpc) is 3.21. The molecule has 1 aliphatic carbocycles. The van der Waals surface area contributed by atoms with Crippen LogP contribution in [0, 0.1) is 0 Å². The third-order valence-electron chi connectivity index (χ3n) is 6.41. The Morgan fingerprint density at radius 3 is 2.48 bits per heavy atom. The molecule has 33 heavy (non-hydrogen) atoms. The molecule has 0 atom stereocenters. The Bertz CT molecular complexity index is 1220. The van der Waals surface area contributed by atoms with E-state index in [-0.39, 0.29) is 0 Å². The van der Waals surface area contributed by atoms with Gasteiger partial charge in [0.25, 0.3) is 0 Å². The Hall–Kier alpha value is -2.70. The number of anilines is 2. The lowest BCUT2D eigenvalue weighted by Gasteiger charge is -2.39. The van der Waals surface area contributed by atoms with E-state index in [1.165, 1.54) is 39.4 Å². The Morgan fingerprint density at radius 2 is 1.79 bits per heavy atom. The second-order valence-corrected chi connectivity index (χ2v) is 9.70. The summed E-state index contributed by atoms with van der Waals surface area (Å²) < 4.78 is 0.943. The van der Waals surface area contributed by atoms with Crippen molar-refractivity contribution >= 4 is 44.9 Å². The number of allylic oxidation sites excluding steroid dienone is 2. The largest absolute Gasteiger partial charge is 0.324 e. The van der Waals surface area contributed by atoms with Crippen molar-refractivity contribution in [1.82, 2.24) is 10.4 Å². The van der Waals surface area contributed by atoms with Crippen LogP contribution in [-0.2, 0) is 12.8 Å². The lowest BCUT2D eigenvalue weighted by molar-refractivity contribution is 0.377. The van der Waals surface area contributed by atoms with E-state index in [1.54, 1.807) is 0 Å². The Labute approximate surface area is 208 Å². The highest BCUT2D eigenvalue weighted by Gasteiger charge is 2.36. The minimum Gasteiger partial charge on any atom is -0.324 e. The maximum absolute atomic E-state index is 6.59.